The summed E-state index contributed by atoms with van der Waals surface area (Å²) in [5.41, 5.74) is 0.931. The van der Waals surface area contributed by atoms with E-state index >= 15 is 0 Å². The fourth-order valence-corrected chi connectivity index (χ4v) is 1.95. The van der Waals surface area contributed by atoms with E-state index in [1.54, 1.807) is 6.92 Å². The van der Waals surface area contributed by atoms with Gasteiger partial charge in [0.05, 0.1) is 12.7 Å². The summed E-state index contributed by atoms with van der Waals surface area (Å²) in [4.78, 5) is 0. The normalized spacial score (nSPS) is 14.2. The van der Waals surface area contributed by atoms with Crippen LogP contribution >= 0.6 is 0 Å². The van der Waals surface area contributed by atoms with Crippen molar-refractivity contribution in [3.63, 3.8) is 0 Å². The molecule has 0 amide bonds. The summed E-state index contributed by atoms with van der Waals surface area (Å²) in [6, 6.07) is 7.73. The van der Waals surface area contributed by atoms with Gasteiger partial charge in [0.1, 0.15) is 5.75 Å². The second-order valence-corrected chi connectivity index (χ2v) is 4.97. The Morgan fingerprint density at radius 3 is 2.33 bits per heavy atom. The number of rotatable bonds is 8. The number of hydrogen-bond acceptors (Lipinski definition) is 2. The van der Waals surface area contributed by atoms with E-state index in [1.807, 2.05) is 24.3 Å². The predicted molar refractivity (Wildman–Crippen MR) is 75.9 cm³/mol. The second-order valence-electron chi connectivity index (χ2n) is 4.97. The molecule has 0 aliphatic heterocycles. The molecule has 2 unspecified atom stereocenters. The third-order valence-corrected chi connectivity index (χ3v) is 3.39. The first-order valence-electron chi connectivity index (χ1n) is 7.08. The third kappa shape index (κ3) is 5.09. The molecule has 102 valence electrons. The average Bonchev–Trinajstić information content (AvgIpc) is 2.39. The van der Waals surface area contributed by atoms with Crippen molar-refractivity contribution in [1.82, 2.24) is 0 Å². The van der Waals surface area contributed by atoms with Gasteiger partial charge >= 0.3 is 0 Å². The Kier molecular flexibility index (Phi) is 6.81. The van der Waals surface area contributed by atoms with Crippen LogP contribution in [-0.4, -0.2) is 11.7 Å². The minimum absolute atomic E-state index is 0.410. The smallest absolute Gasteiger partial charge is 0.119 e. The minimum Gasteiger partial charge on any atom is -0.493 e. The van der Waals surface area contributed by atoms with Crippen molar-refractivity contribution >= 4 is 0 Å². The Morgan fingerprint density at radius 2 is 1.83 bits per heavy atom. The molecule has 0 aromatic heterocycles. The van der Waals surface area contributed by atoms with Crippen molar-refractivity contribution in [3.05, 3.63) is 29.8 Å². The van der Waals surface area contributed by atoms with E-state index in [4.69, 9.17) is 4.74 Å². The van der Waals surface area contributed by atoms with Crippen LogP contribution in [0.1, 0.15) is 58.1 Å². The number of unbranched alkanes of at least 4 members (excludes halogenated alkanes) is 1. The lowest BCUT2D eigenvalue weighted by atomic mass is 10.0. The van der Waals surface area contributed by atoms with Crippen molar-refractivity contribution < 1.29 is 9.84 Å². The van der Waals surface area contributed by atoms with E-state index in [2.05, 4.69) is 13.8 Å². The van der Waals surface area contributed by atoms with Gasteiger partial charge in [-0.3, -0.25) is 0 Å². The molecule has 1 rings (SSSR count). The second kappa shape index (κ2) is 8.15. The van der Waals surface area contributed by atoms with E-state index in [0.29, 0.717) is 5.92 Å². The van der Waals surface area contributed by atoms with Gasteiger partial charge in [-0.05, 0) is 37.0 Å². The Bertz CT molecular complexity index is 316. The van der Waals surface area contributed by atoms with Gasteiger partial charge < -0.3 is 9.84 Å². The van der Waals surface area contributed by atoms with E-state index in [1.165, 1.54) is 25.7 Å². The fourth-order valence-electron chi connectivity index (χ4n) is 1.95. The molecule has 0 spiro atoms. The summed E-state index contributed by atoms with van der Waals surface area (Å²) >= 11 is 0. The SMILES string of the molecule is CCCCC(CC)COc1ccc(C(C)O)cc1. The van der Waals surface area contributed by atoms with Crippen molar-refractivity contribution in [2.24, 2.45) is 5.92 Å². The van der Waals surface area contributed by atoms with Crippen LogP contribution in [-0.2, 0) is 0 Å². The standard InChI is InChI=1S/C16H26O2/c1-4-6-7-14(5-2)12-18-16-10-8-15(9-11-16)13(3)17/h8-11,13-14,17H,4-7,12H2,1-3H3. The summed E-state index contributed by atoms with van der Waals surface area (Å²) in [6.07, 6.45) is 4.54. The first-order chi connectivity index (χ1) is 8.67. The summed E-state index contributed by atoms with van der Waals surface area (Å²) in [5.74, 6) is 1.55. The van der Waals surface area contributed by atoms with Gasteiger partial charge in [0.15, 0.2) is 0 Å². The van der Waals surface area contributed by atoms with Gasteiger partial charge in [-0.1, -0.05) is 45.2 Å². The molecule has 1 aromatic rings. The highest BCUT2D eigenvalue weighted by molar-refractivity contribution is 5.28. The van der Waals surface area contributed by atoms with Crippen molar-refractivity contribution in [3.8, 4) is 5.75 Å². The van der Waals surface area contributed by atoms with Gasteiger partial charge in [-0.25, -0.2) is 0 Å². The van der Waals surface area contributed by atoms with Crippen LogP contribution in [0.15, 0.2) is 24.3 Å². The maximum absolute atomic E-state index is 9.43. The van der Waals surface area contributed by atoms with Crippen molar-refractivity contribution in [1.29, 1.82) is 0 Å². The van der Waals surface area contributed by atoms with Crippen molar-refractivity contribution in [2.75, 3.05) is 6.61 Å². The summed E-state index contributed by atoms with van der Waals surface area (Å²) < 4.78 is 5.81. The van der Waals surface area contributed by atoms with E-state index < -0.39 is 6.10 Å². The first kappa shape index (κ1) is 15.0. The molecule has 0 heterocycles. The molecule has 0 saturated heterocycles. The molecule has 0 aliphatic rings. The van der Waals surface area contributed by atoms with E-state index in [-0.39, 0.29) is 0 Å². The number of aliphatic hydroxyl groups excluding tert-OH is 1. The molecule has 2 atom stereocenters. The molecule has 1 aromatic carbocycles. The third-order valence-electron chi connectivity index (χ3n) is 3.39. The highest BCUT2D eigenvalue weighted by Crippen LogP contribution is 2.19. The van der Waals surface area contributed by atoms with Crippen LogP contribution in [0, 0.1) is 5.92 Å². The van der Waals surface area contributed by atoms with Crippen LogP contribution in [0.25, 0.3) is 0 Å². The lowest BCUT2D eigenvalue weighted by Crippen LogP contribution is -2.11. The quantitative estimate of drug-likeness (QED) is 0.744. The molecule has 2 heteroatoms. The van der Waals surface area contributed by atoms with Gasteiger partial charge in [0.2, 0.25) is 0 Å². The Balaban J connectivity index is 2.42. The molecule has 0 bridgehead atoms. The number of aliphatic hydroxyl groups is 1. The Morgan fingerprint density at radius 1 is 1.17 bits per heavy atom. The van der Waals surface area contributed by atoms with E-state index in [0.717, 1.165) is 17.9 Å². The van der Waals surface area contributed by atoms with Gasteiger partial charge in [-0.2, -0.15) is 0 Å². The van der Waals surface area contributed by atoms with Crippen LogP contribution in [0.2, 0.25) is 0 Å². The summed E-state index contributed by atoms with van der Waals surface area (Å²) in [7, 11) is 0. The molecule has 0 aliphatic carbocycles. The Hall–Kier alpha value is -1.02. The fraction of sp³-hybridized carbons (Fsp3) is 0.625. The zero-order chi connectivity index (χ0) is 13.4. The van der Waals surface area contributed by atoms with E-state index in [9.17, 15) is 5.11 Å². The zero-order valence-electron chi connectivity index (χ0n) is 11.9. The number of benzene rings is 1. The summed E-state index contributed by atoms with van der Waals surface area (Å²) in [5, 5.41) is 9.43. The topological polar surface area (TPSA) is 29.5 Å². The molecular formula is C16H26O2. The highest BCUT2D eigenvalue weighted by atomic mass is 16.5. The lowest BCUT2D eigenvalue weighted by molar-refractivity contribution is 0.199. The van der Waals surface area contributed by atoms with Crippen LogP contribution in [0.4, 0.5) is 0 Å². The maximum Gasteiger partial charge on any atom is 0.119 e. The molecule has 0 saturated carbocycles. The average molecular weight is 250 g/mol. The van der Waals surface area contributed by atoms with Crippen LogP contribution in [0.5, 0.6) is 5.75 Å². The zero-order valence-corrected chi connectivity index (χ0v) is 11.9. The van der Waals surface area contributed by atoms with Crippen molar-refractivity contribution in [2.45, 2.75) is 52.6 Å². The number of ether oxygens (including phenoxy) is 1. The predicted octanol–water partition coefficient (Wildman–Crippen LogP) is 4.34. The molecule has 0 fully saturated rings. The minimum atomic E-state index is -0.410. The molecule has 0 radical (unpaired) electrons. The molecule has 18 heavy (non-hydrogen) atoms. The van der Waals surface area contributed by atoms with Crippen LogP contribution < -0.4 is 4.74 Å². The first-order valence-corrected chi connectivity index (χ1v) is 7.08. The highest BCUT2D eigenvalue weighted by Gasteiger charge is 2.07. The van der Waals surface area contributed by atoms with Gasteiger partial charge in [0, 0.05) is 0 Å². The monoisotopic (exact) mass is 250 g/mol. The van der Waals surface area contributed by atoms with Gasteiger partial charge in [0.25, 0.3) is 0 Å². The van der Waals surface area contributed by atoms with Gasteiger partial charge in [-0.15, -0.1) is 0 Å². The molecular weight excluding hydrogens is 224 g/mol. The Labute approximate surface area is 111 Å². The maximum atomic E-state index is 9.43. The molecule has 2 nitrogen and oxygen atoms in total. The lowest BCUT2D eigenvalue weighted by Gasteiger charge is -2.16. The van der Waals surface area contributed by atoms with Crippen LogP contribution in [0.3, 0.4) is 0 Å². The summed E-state index contributed by atoms with van der Waals surface area (Å²) in [6.45, 7) is 7.01. The largest absolute Gasteiger partial charge is 0.493 e. The number of hydrogen-bond donors (Lipinski definition) is 1. The molecule has 1 N–H and O–H groups in total.